The Bertz CT molecular complexity index is 839. The fraction of sp³-hybridized carbons (Fsp3) is 0.304. The number of carbonyl (C=O) groups is 2. The molecular formula is C23H26ClNO4. The molecule has 1 unspecified atom stereocenters. The van der Waals surface area contributed by atoms with Gasteiger partial charge < -0.3 is 14.4 Å². The summed E-state index contributed by atoms with van der Waals surface area (Å²) in [4.78, 5) is 27.4. The van der Waals surface area contributed by atoms with Crippen molar-refractivity contribution >= 4 is 23.5 Å². The molecule has 1 amide bonds. The first-order chi connectivity index (χ1) is 13.9. The van der Waals surface area contributed by atoms with Crippen LogP contribution in [0.4, 0.5) is 0 Å². The van der Waals surface area contributed by atoms with E-state index in [0.29, 0.717) is 29.4 Å². The largest absolute Gasteiger partial charge is 0.457 e. The third-order valence-corrected chi connectivity index (χ3v) is 5.05. The number of hydrogen-bond donors (Lipinski definition) is 0. The molecule has 0 bridgehead atoms. The second-order valence-corrected chi connectivity index (χ2v) is 7.04. The van der Waals surface area contributed by atoms with Crippen molar-refractivity contribution in [3.8, 4) is 0 Å². The second kappa shape index (κ2) is 10.8. The zero-order valence-corrected chi connectivity index (χ0v) is 17.6. The van der Waals surface area contributed by atoms with E-state index in [-0.39, 0.29) is 18.9 Å². The SMILES string of the molecule is C=C/C=C(\C=C)COC(=O)C1=C(C)N(CCOC)C(=O)CC1c1ccc(Cl)cc1. The molecule has 0 saturated carbocycles. The highest BCUT2D eigenvalue weighted by molar-refractivity contribution is 6.30. The highest BCUT2D eigenvalue weighted by atomic mass is 35.5. The predicted octanol–water partition coefficient (Wildman–Crippen LogP) is 4.42. The van der Waals surface area contributed by atoms with Gasteiger partial charge in [0.1, 0.15) is 6.61 Å². The summed E-state index contributed by atoms with van der Waals surface area (Å²) in [6, 6.07) is 7.16. The molecule has 0 aromatic heterocycles. The van der Waals surface area contributed by atoms with Crippen LogP contribution in [0.1, 0.15) is 24.8 Å². The Kier molecular flexibility index (Phi) is 8.43. The average Bonchev–Trinajstić information content (AvgIpc) is 2.71. The van der Waals surface area contributed by atoms with Gasteiger partial charge in [-0.1, -0.05) is 55.1 Å². The van der Waals surface area contributed by atoms with Crippen LogP contribution in [-0.2, 0) is 19.1 Å². The number of esters is 1. The number of halogens is 1. The van der Waals surface area contributed by atoms with E-state index in [9.17, 15) is 9.59 Å². The van der Waals surface area contributed by atoms with E-state index in [4.69, 9.17) is 21.1 Å². The number of methoxy groups -OCH3 is 1. The molecule has 29 heavy (non-hydrogen) atoms. The van der Waals surface area contributed by atoms with Gasteiger partial charge in [-0.2, -0.15) is 0 Å². The van der Waals surface area contributed by atoms with E-state index in [1.54, 1.807) is 49.3 Å². The van der Waals surface area contributed by atoms with Crippen LogP contribution in [-0.4, -0.2) is 43.6 Å². The smallest absolute Gasteiger partial charge is 0.336 e. The lowest BCUT2D eigenvalue weighted by atomic mass is 9.83. The number of rotatable bonds is 9. The number of carbonyl (C=O) groups excluding carboxylic acids is 2. The molecule has 0 N–H and O–H groups in total. The summed E-state index contributed by atoms with van der Waals surface area (Å²) >= 11 is 6.00. The maximum Gasteiger partial charge on any atom is 0.336 e. The highest BCUT2D eigenvalue weighted by Crippen LogP contribution is 2.37. The molecule has 0 fully saturated rings. The van der Waals surface area contributed by atoms with Gasteiger partial charge in [0.05, 0.1) is 12.2 Å². The molecule has 1 aromatic carbocycles. The van der Waals surface area contributed by atoms with Crippen molar-refractivity contribution in [2.24, 2.45) is 0 Å². The minimum absolute atomic E-state index is 0.0608. The van der Waals surface area contributed by atoms with Crippen molar-refractivity contribution in [3.63, 3.8) is 0 Å². The monoisotopic (exact) mass is 415 g/mol. The van der Waals surface area contributed by atoms with Crippen molar-refractivity contribution in [1.82, 2.24) is 4.90 Å². The van der Waals surface area contributed by atoms with E-state index in [1.165, 1.54) is 0 Å². The first-order valence-electron chi connectivity index (χ1n) is 9.29. The lowest BCUT2D eigenvalue weighted by molar-refractivity contribution is -0.139. The van der Waals surface area contributed by atoms with Gasteiger partial charge in [-0.15, -0.1) is 0 Å². The molecule has 0 spiro atoms. The number of benzene rings is 1. The average molecular weight is 416 g/mol. The molecule has 2 rings (SSSR count). The van der Waals surface area contributed by atoms with Gasteiger partial charge in [-0.3, -0.25) is 4.79 Å². The number of ether oxygens (including phenoxy) is 2. The molecule has 0 aliphatic carbocycles. The van der Waals surface area contributed by atoms with E-state index in [1.807, 2.05) is 12.1 Å². The summed E-state index contributed by atoms with van der Waals surface area (Å²) in [5.41, 5.74) is 2.62. The Hall–Kier alpha value is -2.63. The fourth-order valence-electron chi connectivity index (χ4n) is 3.27. The standard InChI is InChI=1S/C23H26ClNO4/c1-5-7-17(6-2)15-29-23(27)22-16(3)25(12-13-28-4)21(26)14-20(22)18-8-10-19(24)11-9-18/h5-11,20H,1-2,12-15H2,3-4H3/b17-7+. The topological polar surface area (TPSA) is 55.8 Å². The number of hydrogen-bond acceptors (Lipinski definition) is 4. The summed E-state index contributed by atoms with van der Waals surface area (Å²) < 4.78 is 10.6. The predicted molar refractivity (Wildman–Crippen MR) is 115 cm³/mol. The first-order valence-corrected chi connectivity index (χ1v) is 9.67. The Labute approximate surface area is 176 Å². The summed E-state index contributed by atoms with van der Waals surface area (Å²) in [6.45, 7) is 9.94. The summed E-state index contributed by atoms with van der Waals surface area (Å²) in [5.74, 6) is -0.926. The third-order valence-electron chi connectivity index (χ3n) is 4.80. The third kappa shape index (κ3) is 5.68. The Morgan fingerprint density at radius 1 is 1.31 bits per heavy atom. The van der Waals surface area contributed by atoms with E-state index < -0.39 is 11.9 Å². The van der Waals surface area contributed by atoms with Crippen LogP contribution in [0.15, 0.2) is 72.5 Å². The normalized spacial score (nSPS) is 17.3. The number of amides is 1. The Morgan fingerprint density at radius 2 is 2.00 bits per heavy atom. The fourth-order valence-corrected chi connectivity index (χ4v) is 3.40. The Morgan fingerprint density at radius 3 is 2.59 bits per heavy atom. The van der Waals surface area contributed by atoms with E-state index >= 15 is 0 Å². The maximum atomic E-state index is 13.0. The number of allylic oxidation sites excluding steroid dienone is 3. The van der Waals surface area contributed by atoms with Crippen molar-refractivity contribution in [2.45, 2.75) is 19.3 Å². The van der Waals surface area contributed by atoms with E-state index in [0.717, 1.165) is 11.1 Å². The summed E-state index contributed by atoms with van der Waals surface area (Å²) in [7, 11) is 1.57. The second-order valence-electron chi connectivity index (χ2n) is 6.60. The molecule has 1 aromatic rings. The van der Waals surface area contributed by atoms with Gasteiger partial charge in [-0.25, -0.2) is 4.79 Å². The molecule has 0 saturated heterocycles. The van der Waals surface area contributed by atoms with Gasteiger partial charge in [0.25, 0.3) is 0 Å². The molecule has 0 radical (unpaired) electrons. The lowest BCUT2D eigenvalue weighted by Gasteiger charge is -2.34. The maximum absolute atomic E-state index is 13.0. The van der Waals surface area contributed by atoms with Crippen LogP contribution in [0.2, 0.25) is 5.02 Å². The van der Waals surface area contributed by atoms with Crippen molar-refractivity contribution in [1.29, 1.82) is 0 Å². The first kappa shape index (κ1) is 22.7. The molecule has 1 heterocycles. The van der Waals surface area contributed by atoms with Gasteiger partial charge in [0, 0.05) is 36.7 Å². The zero-order chi connectivity index (χ0) is 21.4. The van der Waals surface area contributed by atoms with Crippen molar-refractivity contribution in [3.05, 3.63) is 83.1 Å². The van der Waals surface area contributed by atoms with Crippen LogP contribution >= 0.6 is 11.6 Å². The molecule has 6 heteroatoms. The van der Waals surface area contributed by atoms with Crippen LogP contribution in [0.25, 0.3) is 0 Å². The van der Waals surface area contributed by atoms with Crippen LogP contribution in [0, 0.1) is 0 Å². The minimum Gasteiger partial charge on any atom is -0.457 e. The van der Waals surface area contributed by atoms with Crippen LogP contribution in [0.5, 0.6) is 0 Å². The minimum atomic E-state index is -0.464. The highest BCUT2D eigenvalue weighted by Gasteiger charge is 2.36. The quantitative estimate of drug-likeness (QED) is 0.442. The van der Waals surface area contributed by atoms with Crippen molar-refractivity contribution < 1.29 is 19.1 Å². The van der Waals surface area contributed by atoms with E-state index in [2.05, 4.69) is 13.2 Å². The van der Waals surface area contributed by atoms with Gasteiger partial charge in [-0.05, 0) is 30.2 Å². The molecule has 5 nitrogen and oxygen atoms in total. The molecular weight excluding hydrogens is 390 g/mol. The van der Waals surface area contributed by atoms with Crippen LogP contribution in [0.3, 0.4) is 0 Å². The zero-order valence-electron chi connectivity index (χ0n) is 16.8. The lowest BCUT2D eigenvalue weighted by Crippen LogP contribution is -2.40. The van der Waals surface area contributed by atoms with Crippen molar-refractivity contribution in [2.75, 3.05) is 26.9 Å². The number of nitrogens with zero attached hydrogens (tertiary/aromatic N) is 1. The van der Waals surface area contributed by atoms with Gasteiger partial charge in [0.2, 0.25) is 5.91 Å². The summed E-state index contributed by atoms with van der Waals surface area (Å²) in [5, 5.41) is 0.590. The van der Waals surface area contributed by atoms with Gasteiger partial charge in [0.15, 0.2) is 0 Å². The summed E-state index contributed by atoms with van der Waals surface area (Å²) in [6.07, 6.45) is 5.12. The molecule has 1 aliphatic rings. The molecule has 1 aliphatic heterocycles. The Balaban J connectivity index is 2.40. The molecule has 1 atom stereocenters. The van der Waals surface area contributed by atoms with Crippen LogP contribution < -0.4 is 0 Å². The van der Waals surface area contributed by atoms with Gasteiger partial charge >= 0.3 is 5.97 Å². The molecule has 154 valence electrons.